The number of rotatable bonds is 6. The fourth-order valence-electron chi connectivity index (χ4n) is 3.46. The molecule has 0 fully saturated rings. The number of para-hydroxylation sites is 1. The highest BCUT2D eigenvalue weighted by Gasteiger charge is 2.30. The number of amides is 1. The zero-order valence-corrected chi connectivity index (χ0v) is 18.6. The maximum absolute atomic E-state index is 12.9. The van der Waals surface area contributed by atoms with Gasteiger partial charge in [0.05, 0.1) is 17.1 Å². The highest BCUT2D eigenvalue weighted by Crippen LogP contribution is 2.36. The monoisotopic (exact) mass is 488 g/mol. The van der Waals surface area contributed by atoms with Crippen LogP contribution < -0.4 is 14.8 Å². The normalized spacial score (nSPS) is 14.6. The van der Waals surface area contributed by atoms with Crippen LogP contribution in [-0.4, -0.2) is 20.9 Å². The zero-order valence-electron chi connectivity index (χ0n) is 17.8. The van der Waals surface area contributed by atoms with Crippen molar-refractivity contribution in [3.8, 4) is 5.75 Å². The number of benzene rings is 3. The minimum atomic E-state index is -4.53. The lowest BCUT2D eigenvalue weighted by atomic mass is 10.0. The number of carbonyl (C=O) groups is 1. The minimum Gasteiger partial charge on any atom is -0.493 e. The predicted octanol–water partition coefficient (Wildman–Crippen LogP) is 5.40. The van der Waals surface area contributed by atoms with E-state index in [4.69, 9.17) is 4.74 Å². The molecule has 0 unspecified atom stereocenters. The Balaban J connectivity index is 1.67. The van der Waals surface area contributed by atoms with Gasteiger partial charge in [-0.15, -0.1) is 0 Å². The molecule has 0 bridgehead atoms. The molecule has 0 aliphatic carbocycles. The summed E-state index contributed by atoms with van der Waals surface area (Å²) in [6.45, 7) is 2.27. The van der Waals surface area contributed by atoms with Gasteiger partial charge < -0.3 is 10.1 Å². The van der Waals surface area contributed by atoms with Crippen molar-refractivity contribution < 1.29 is 31.1 Å². The number of fused-ring (bicyclic) bond motifs is 1. The summed E-state index contributed by atoms with van der Waals surface area (Å²) in [6, 6.07) is 14.9. The largest absolute Gasteiger partial charge is 0.493 e. The highest BCUT2D eigenvalue weighted by molar-refractivity contribution is 7.92. The number of hydrogen-bond acceptors (Lipinski definition) is 4. The molecular formula is C24H19F3N2O4S. The van der Waals surface area contributed by atoms with E-state index in [-0.39, 0.29) is 16.2 Å². The van der Waals surface area contributed by atoms with E-state index in [9.17, 15) is 26.4 Å². The first kappa shape index (κ1) is 23.4. The third kappa shape index (κ3) is 4.76. The van der Waals surface area contributed by atoms with Crippen LogP contribution in [0.4, 0.5) is 24.5 Å². The first-order valence-corrected chi connectivity index (χ1v) is 11.7. The molecule has 1 aliphatic rings. The molecule has 2 N–H and O–H groups in total. The van der Waals surface area contributed by atoms with E-state index in [2.05, 4.69) is 10.0 Å². The van der Waals surface area contributed by atoms with E-state index < -0.39 is 27.7 Å². The van der Waals surface area contributed by atoms with Crippen LogP contribution in [0, 0.1) is 0 Å². The number of anilines is 2. The van der Waals surface area contributed by atoms with Crippen molar-refractivity contribution in [2.45, 2.75) is 18.0 Å². The predicted molar refractivity (Wildman–Crippen MR) is 123 cm³/mol. The van der Waals surface area contributed by atoms with E-state index >= 15 is 0 Å². The third-order valence-electron chi connectivity index (χ3n) is 5.07. The maximum atomic E-state index is 12.9. The van der Waals surface area contributed by atoms with Gasteiger partial charge in [0.25, 0.3) is 15.9 Å². The summed E-state index contributed by atoms with van der Waals surface area (Å²) < 4.78 is 71.9. The highest BCUT2D eigenvalue weighted by atomic mass is 32.2. The molecule has 176 valence electrons. The summed E-state index contributed by atoms with van der Waals surface area (Å²) in [7, 11) is -4.14. The summed E-state index contributed by atoms with van der Waals surface area (Å²) in [5, 5.41) is 2.70. The Kier molecular flexibility index (Phi) is 6.09. The second-order valence-electron chi connectivity index (χ2n) is 7.37. The maximum Gasteiger partial charge on any atom is 0.416 e. The van der Waals surface area contributed by atoms with Crippen molar-refractivity contribution in [3.63, 3.8) is 0 Å². The molecule has 10 heteroatoms. The van der Waals surface area contributed by atoms with E-state index in [0.717, 1.165) is 24.3 Å². The minimum absolute atomic E-state index is 0.0240. The van der Waals surface area contributed by atoms with Gasteiger partial charge in [-0.2, -0.15) is 13.2 Å². The Bertz CT molecular complexity index is 1380. The number of hydrogen-bond donors (Lipinski definition) is 2. The van der Waals surface area contributed by atoms with Gasteiger partial charge in [0, 0.05) is 28.1 Å². The Labute approximate surface area is 194 Å². The van der Waals surface area contributed by atoms with Crippen molar-refractivity contribution in [2.24, 2.45) is 0 Å². The first-order valence-electron chi connectivity index (χ1n) is 10.2. The van der Waals surface area contributed by atoms with Crippen molar-refractivity contribution in [2.75, 3.05) is 16.6 Å². The lowest BCUT2D eigenvalue weighted by Gasteiger charge is -2.11. The van der Waals surface area contributed by atoms with Crippen LogP contribution in [0.25, 0.3) is 11.6 Å². The van der Waals surface area contributed by atoms with E-state index in [1.165, 1.54) is 18.2 Å². The topological polar surface area (TPSA) is 84.5 Å². The van der Waals surface area contributed by atoms with Gasteiger partial charge >= 0.3 is 6.18 Å². The van der Waals surface area contributed by atoms with Crippen LogP contribution in [-0.2, 0) is 21.0 Å². The molecular weight excluding hydrogens is 469 g/mol. The first-order chi connectivity index (χ1) is 16.1. The molecule has 0 atom stereocenters. The molecule has 34 heavy (non-hydrogen) atoms. The molecule has 0 saturated heterocycles. The molecule has 1 amide bonds. The standard InChI is InChI=1S/C24H19F3N2O4S/c1-2-33-22-6-4-3-5-15(22)13-20-19-14-18(11-12-21(19)28-23(20)30)34(31,32)29-17-9-7-16(8-10-17)24(25,26)27/h3-14,29H,2H2,1H3,(H,28,30). The summed E-state index contributed by atoms with van der Waals surface area (Å²) in [6.07, 6.45) is -2.91. The van der Waals surface area contributed by atoms with Gasteiger partial charge in [-0.1, -0.05) is 18.2 Å². The van der Waals surface area contributed by atoms with Gasteiger partial charge in [0.15, 0.2) is 0 Å². The molecule has 4 rings (SSSR count). The van der Waals surface area contributed by atoms with Crippen molar-refractivity contribution in [3.05, 3.63) is 83.4 Å². The Morgan fingerprint density at radius 1 is 1.03 bits per heavy atom. The molecule has 0 radical (unpaired) electrons. The number of ether oxygens (including phenoxy) is 1. The van der Waals surface area contributed by atoms with Gasteiger partial charge in [-0.25, -0.2) is 8.42 Å². The molecule has 0 saturated carbocycles. The SMILES string of the molecule is CCOc1ccccc1C=C1C(=O)Nc2ccc(S(=O)(=O)Nc3ccc(C(F)(F)F)cc3)cc21. The van der Waals surface area contributed by atoms with Crippen LogP contribution in [0.2, 0.25) is 0 Å². The molecule has 3 aromatic rings. The summed E-state index contributed by atoms with van der Waals surface area (Å²) in [5.41, 5.74) is 0.821. The second kappa shape index (κ2) is 8.86. The number of sulfonamides is 1. The smallest absolute Gasteiger partial charge is 0.416 e. The fraction of sp³-hybridized carbons (Fsp3) is 0.125. The van der Waals surface area contributed by atoms with Crippen LogP contribution >= 0.6 is 0 Å². The molecule has 3 aromatic carbocycles. The fourth-order valence-corrected chi connectivity index (χ4v) is 4.55. The lowest BCUT2D eigenvalue weighted by Crippen LogP contribution is -2.13. The Hall–Kier alpha value is -3.79. The number of nitrogens with one attached hydrogen (secondary N) is 2. The zero-order chi connectivity index (χ0) is 24.5. The average molecular weight is 488 g/mol. The summed E-state index contributed by atoms with van der Waals surface area (Å²) >= 11 is 0. The van der Waals surface area contributed by atoms with Crippen LogP contribution in [0.15, 0.2) is 71.6 Å². The quantitative estimate of drug-likeness (QED) is 0.455. The third-order valence-corrected chi connectivity index (χ3v) is 6.45. The van der Waals surface area contributed by atoms with Crippen LogP contribution in [0.1, 0.15) is 23.6 Å². The van der Waals surface area contributed by atoms with Crippen molar-refractivity contribution >= 4 is 39.0 Å². The van der Waals surface area contributed by atoms with Gasteiger partial charge in [-0.05, 0) is 61.5 Å². The summed E-state index contributed by atoms with van der Waals surface area (Å²) in [5.74, 6) is 0.179. The molecule has 0 spiro atoms. The number of halogens is 3. The molecule has 1 heterocycles. The van der Waals surface area contributed by atoms with E-state index in [1.807, 2.05) is 6.92 Å². The summed E-state index contributed by atoms with van der Waals surface area (Å²) in [4.78, 5) is 12.4. The Morgan fingerprint density at radius 3 is 2.41 bits per heavy atom. The molecule has 6 nitrogen and oxygen atoms in total. The van der Waals surface area contributed by atoms with Gasteiger partial charge in [0.1, 0.15) is 5.75 Å². The van der Waals surface area contributed by atoms with Crippen LogP contribution in [0.3, 0.4) is 0 Å². The second-order valence-corrected chi connectivity index (χ2v) is 9.05. The van der Waals surface area contributed by atoms with Crippen LogP contribution in [0.5, 0.6) is 5.75 Å². The molecule has 1 aliphatic heterocycles. The Morgan fingerprint density at radius 2 is 1.74 bits per heavy atom. The molecule has 0 aromatic heterocycles. The average Bonchev–Trinajstić information content (AvgIpc) is 3.09. The van der Waals surface area contributed by atoms with E-state index in [1.54, 1.807) is 30.3 Å². The van der Waals surface area contributed by atoms with Crippen molar-refractivity contribution in [1.82, 2.24) is 0 Å². The number of alkyl halides is 3. The lowest BCUT2D eigenvalue weighted by molar-refractivity contribution is -0.137. The van der Waals surface area contributed by atoms with Crippen molar-refractivity contribution in [1.29, 1.82) is 0 Å². The number of carbonyl (C=O) groups excluding carboxylic acids is 1. The van der Waals surface area contributed by atoms with E-state index in [0.29, 0.717) is 29.2 Å². The van der Waals surface area contributed by atoms with Gasteiger partial charge in [0.2, 0.25) is 0 Å². The van der Waals surface area contributed by atoms with Gasteiger partial charge in [-0.3, -0.25) is 9.52 Å².